The normalized spacial score (nSPS) is 15.0. The lowest BCUT2D eigenvalue weighted by Gasteiger charge is -2.23. The topological polar surface area (TPSA) is 130 Å². The summed E-state index contributed by atoms with van der Waals surface area (Å²) in [5.41, 5.74) is 6.11. The number of rotatable bonds is 6. The van der Waals surface area contributed by atoms with Gasteiger partial charge in [-0.15, -0.1) is 10.2 Å². The number of thioether (sulfide) groups is 1. The Kier molecular flexibility index (Phi) is 5.34. The molecule has 3 N–H and O–H groups in total. The second-order valence-electron chi connectivity index (χ2n) is 6.05. The Morgan fingerprint density at radius 1 is 1.10 bits per heavy atom. The Morgan fingerprint density at radius 2 is 1.86 bits per heavy atom. The van der Waals surface area contributed by atoms with Gasteiger partial charge in [-0.3, -0.25) is 9.59 Å². The van der Waals surface area contributed by atoms with E-state index < -0.39 is 12.0 Å². The van der Waals surface area contributed by atoms with Crippen LogP contribution in [-0.2, 0) is 4.79 Å². The molecule has 29 heavy (non-hydrogen) atoms. The van der Waals surface area contributed by atoms with Gasteiger partial charge in [0.15, 0.2) is 11.5 Å². The summed E-state index contributed by atoms with van der Waals surface area (Å²) in [4.78, 5) is 23.2. The fraction of sp³-hybridized carbons (Fsp3) is 0.158. The second kappa shape index (κ2) is 8.23. The van der Waals surface area contributed by atoms with Crippen molar-refractivity contribution >= 4 is 29.3 Å². The van der Waals surface area contributed by atoms with Crippen molar-refractivity contribution in [1.29, 1.82) is 0 Å². The number of anilines is 1. The van der Waals surface area contributed by atoms with Crippen molar-refractivity contribution in [2.24, 2.45) is 5.73 Å². The van der Waals surface area contributed by atoms with Gasteiger partial charge in [0.25, 0.3) is 11.1 Å². The van der Waals surface area contributed by atoms with Crippen molar-refractivity contribution < 1.29 is 23.5 Å². The van der Waals surface area contributed by atoms with E-state index in [9.17, 15) is 9.59 Å². The van der Waals surface area contributed by atoms with Crippen molar-refractivity contribution in [3.8, 4) is 11.5 Å². The third-order valence-corrected chi connectivity index (χ3v) is 4.80. The maximum Gasteiger partial charge on any atom is 0.277 e. The zero-order valence-electron chi connectivity index (χ0n) is 15.0. The predicted molar refractivity (Wildman–Crippen MR) is 104 cm³/mol. The number of aromatic nitrogens is 2. The van der Waals surface area contributed by atoms with Crippen LogP contribution < -0.4 is 20.5 Å². The van der Waals surface area contributed by atoms with Crippen molar-refractivity contribution in [2.45, 2.75) is 11.3 Å². The van der Waals surface area contributed by atoms with E-state index >= 15 is 0 Å². The second-order valence-corrected chi connectivity index (χ2v) is 6.98. The predicted octanol–water partition coefficient (Wildman–Crippen LogP) is 2.41. The first-order valence-electron chi connectivity index (χ1n) is 8.63. The van der Waals surface area contributed by atoms with Crippen LogP contribution in [0.15, 0.2) is 58.2 Å². The van der Waals surface area contributed by atoms with Crippen LogP contribution in [0.5, 0.6) is 11.5 Å². The SMILES string of the molecule is NC(=O)c1ccc(NC(=O)CSc2nnc(C3COc4ccccc4O3)o2)cc1. The van der Waals surface area contributed by atoms with Crippen molar-refractivity contribution in [1.82, 2.24) is 10.2 Å². The molecule has 1 aliphatic rings. The molecule has 0 fully saturated rings. The van der Waals surface area contributed by atoms with E-state index in [0.717, 1.165) is 11.8 Å². The monoisotopic (exact) mass is 412 g/mol. The van der Waals surface area contributed by atoms with Crippen LogP contribution in [0.3, 0.4) is 0 Å². The highest BCUT2D eigenvalue weighted by Gasteiger charge is 2.27. The minimum Gasteiger partial charge on any atom is -0.485 e. The molecule has 2 aromatic carbocycles. The number of para-hydroxylation sites is 2. The molecule has 9 nitrogen and oxygen atoms in total. The molecule has 0 spiro atoms. The third-order valence-electron chi connectivity index (χ3n) is 3.99. The van der Waals surface area contributed by atoms with Gasteiger partial charge in [-0.2, -0.15) is 0 Å². The fourth-order valence-electron chi connectivity index (χ4n) is 2.59. The number of primary amides is 1. The Bertz CT molecular complexity index is 1040. The third kappa shape index (κ3) is 4.49. The maximum absolute atomic E-state index is 12.1. The number of ether oxygens (including phenoxy) is 2. The molecular weight excluding hydrogens is 396 g/mol. The summed E-state index contributed by atoms with van der Waals surface area (Å²) in [6.45, 7) is 0.255. The zero-order chi connectivity index (χ0) is 20.2. The first kappa shape index (κ1) is 18.8. The number of fused-ring (bicyclic) bond motifs is 1. The molecule has 0 saturated heterocycles. The number of hydrogen-bond acceptors (Lipinski definition) is 8. The number of nitrogens with zero attached hydrogens (tertiary/aromatic N) is 2. The minimum atomic E-state index is -0.526. The van der Waals surface area contributed by atoms with Crippen molar-refractivity contribution in [2.75, 3.05) is 17.7 Å². The molecule has 2 amide bonds. The Hall–Kier alpha value is -3.53. The van der Waals surface area contributed by atoms with Crippen LogP contribution >= 0.6 is 11.8 Å². The summed E-state index contributed by atoms with van der Waals surface area (Å²) in [6.07, 6.45) is -0.510. The molecular formula is C19H16N4O5S. The molecule has 148 valence electrons. The van der Waals surface area contributed by atoms with Crippen LogP contribution in [0.2, 0.25) is 0 Å². The van der Waals surface area contributed by atoms with Crippen molar-refractivity contribution in [3.05, 3.63) is 60.0 Å². The average Bonchev–Trinajstić information content (AvgIpc) is 3.21. The molecule has 1 aliphatic heterocycles. The summed E-state index contributed by atoms with van der Waals surface area (Å²) in [5.74, 6) is 0.847. The highest BCUT2D eigenvalue weighted by molar-refractivity contribution is 7.99. The van der Waals surface area contributed by atoms with Gasteiger partial charge in [0.1, 0.15) is 6.61 Å². The first-order chi connectivity index (χ1) is 14.1. The largest absolute Gasteiger partial charge is 0.485 e. The maximum atomic E-state index is 12.1. The number of benzene rings is 2. The molecule has 0 saturated carbocycles. The lowest BCUT2D eigenvalue weighted by molar-refractivity contribution is -0.113. The lowest BCUT2D eigenvalue weighted by Crippen LogP contribution is -2.21. The summed E-state index contributed by atoms with van der Waals surface area (Å²) in [7, 11) is 0. The van der Waals surface area contributed by atoms with Gasteiger partial charge in [-0.1, -0.05) is 23.9 Å². The lowest BCUT2D eigenvalue weighted by atomic mass is 10.2. The standard InChI is InChI=1S/C19H16N4O5S/c20-17(25)11-5-7-12(8-6-11)21-16(24)10-29-19-23-22-18(28-19)15-9-26-13-3-1-2-4-14(13)27-15/h1-8,15H,9-10H2,(H2,20,25)(H,21,24). The highest BCUT2D eigenvalue weighted by atomic mass is 32.2. The molecule has 1 unspecified atom stereocenters. The number of carbonyl (C=O) groups excluding carboxylic acids is 2. The van der Waals surface area contributed by atoms with E-state index in [2.05, 4.69) is 15.5 Å². The van der Waals surface area contributed by atoms with E-state index in [1.807, 2.05) is 18.2 Å². The average molecular weight is 412 g/mol. The van der Waals surface area contributed by atoms with Gasteiger partial charge < -0.3 is 24.9 Å². The molecule has 2 heterocycles. The van der Waals surface area contributed by atoms with Crippen molar-refractivity contribution in [3.63, 3.8) is 0 Å². The molecule has 0 aliphatic carbocycles. The van der Waals surface area contributed by atoms with Crippen LogP contribution in [0.1, 0.15) is 22.4 Å². The fourth-order valence-corrected chi connectivity index (χ4v) is 3.16. The summed E-state index contributed by atoms with van der Waals surface area (Å²) < 4.78 is 17.0. The van der Waals surface area contributed by atoms with Crippen LogP contribution in [0, 0.1) is 0 Å². The molecule has 4 rings (SSSR count). The van der Waals surface area contributed by atoms with Crippen LogP contribution in [0.4, 0.5) is 5.69 Å². The first-order valence-corrected chi connectivity index (χ1v) is 9.61. The molecule has 1 atom stereocenters. The van der Waals surface area contributed by atoms with Gasteiger partial charge in [0.05, 0.1) is 5.75 Å². The van der Waals surface area contributed by atoms with E-state index in [4.69, 9.17) is 19.6 Å². The van der Waals surface area contributed by atoms with E-state index in [1.54, 1.807) is 30.3 Å². The van der Waals surface area contributed by atoms with Gasteiger partial charge in [-0.25, -0.2) is 0 Å². The summed E-state index contributed by atoms with van der Waals surface area (Å²) in [6, 6.07) is 13.6. The Morgan fingerprint density at radius 3 is 2.62 bits per heavy atom. The number of amides is 2. The van der Waals surface area contributed by atoms with Gasteiger partial charge >= 0.3 is 0 Å². The van der Waals surface area contributed by atoms with Gasteiger partial charge in [-0.05, 0) is 36.4 Å². The van der Waals surface area contributed by atoms with Crippen LogP contribution in [-0.4, -0.2) is 34.4 Å². The molecule has 0 bridgehead atoms. The minimum absolute atomic E-state index is 0.0735. The zero-order valence-corrected chi connectivity index (χ0v) is 15.8. The van der Waals surface area contributed by atoms with E-state index in [0.29, 0.717) is 22.7 Å². The van der Waals surface area contributed by atoms with Gasteiger partial charge in [0, 0.05) is 11.3 Å². The molecule has 3 aromatic rings. The van der Waals surface area contributed by atoms with Crippen LogP contribution in [0.25, 0.3) is 0 Å². The van der Waals surface area contributed by atoms with E-state index in [1.165, 1.54) is 0 Å². The summed E-state index contributed by atoms with van der Waals surface area (Å²) in [5, 5.41) is 10.9. The Balaban J connectivity index is 1.30. The number of nitrogens with two attached hydrogens (primary N) is 1. The van der Waals surface area contributed by atoms with E-state index in [-0.39, 0.29) is 29.4 Å². The molecule has 0 radical (unpaired) electrons. The molecule has 1 aromatic heterocycles. The smallest absolute Gasteiger partial charge is 0.277 e. The quantitative estimate of drug-likeness (QED) is 0.591. The Labute approximate surface area is 169 Å². The number of carbonyl (C=O) groups is 2. The highest BCUT2D eigenvalue weighted by Crippen LogP contribution is 2.35. The van der Waals surface area contributed by atoms with Gasteiger partial charge in [0.2, 0.25) is 17.9 Å². The summed E-state index contributed by atoms with van der Waals surface area (Å²) >= 11 is 1.10. The number of hydrogen-bond donors (Lipinski definition) is 2. The molecule has 10 heteroatoms. The number of nitrogens with one attached hydrogen (secondary N) is 1.